The SMILES string of the molecule is O=S(=O)(Nc1cccc(Br)n1)c1cc(Cl)sc1Cl. The second-order valence-corrected chi connectivity index (χ2v) is 7.89. The highest BCUT2D eigenvalue weighted by Crippen LogP contribution is 2.34. The van der Waals surface area contributed by atoms with Crippen LogP contribution in [0.15, 0.2) is 33.8 Å². The zero-order valence-electron chi connectivity index (χ0n) is 8.52. The van der Waals surface area contributed by atoms with Gasteiger partial charge in [0.2, 0.25) is 0 Å². The first kappa shape index (κ1) is 14.1. The molecule has 0 aliphatic rings. The van der Waals surface area contributed by atoms with E-state index >= 15 is 0 Å². The second kappa shape index (κ2) is 5.34. The Kier molecular flexibility index (Phi) is 4.18. The number of anilines is 1. The van der Waals surface area contributed by atoms with Crippen LogP contribution in [0.2, 0.25) is 8.67 Å². The number of nitrogens with zero attached hydrogens (tertiary/aromatic N) is 1. The Bertz CT molecular complexity index is 688. The number of pyridine rings is 1. The van der Waals surface area contributed by atoms with Gasteiger partial charge in [-0.1, -0.05) is 29.3 Å². The van der Waals surface area contributed by atoms with Gasteiger partial charge in [0.15, 0.2) is 0 Å². The molecule has 0 aromatic carbocycles. The van der Waals surface area contributed by atoms with Gasteiger partial charge in [0.25, 0.3) is 10.0 Å². The van der Waals surface area contributed by atoms with Crippen molar-refractivity contribution in [2.75, 3.05) is 4.72 Å². The van der Waals surface area contributed by atoms with Gasteiger partial charge in [-0.15, -0.1) is 11.3 Å². The quantitative estimate of drug-likeness (QED) is 0.809. The topological polar surface area (TPSA) is 59.1 Å². The predicted molar refractivity (Wildman–Crippen MR) is 77.1 cm³/mol. The lowest BCUT2D eigenvalue weighted by Crippen LogP contribution is -2.13. The highest BCUT2D eigenvalue weighted by molar-refractivity contribution is 9.10. The van der Waals surface area contributed by atoms with Crippen molar-refractivity contribution in [2.45, 2.75) is 4.90 Å². The Morgan fingerprint density at radius 2 is 2.06 bits per heavy atom. The molecule has 0 radical (unpaired) electrons. The van der Waals surface area contributed by atoms with Gasteiger partial charge in [-0.25, -0.2) is 13.4 Å². The molecule has 0 atom stereocenters. The summed E-state index contributed by atoms with van der Waals surface area (Å²) in [7, 11) is -3.78. The van der Waals surface area contributed by atoms with Gasteiger partial charge in [-0.2, -0.15) is 0 Å². The van der Waals surface area contributed by atoms with E-state index in [1.807, 2.05) is 0 Å². The van der Waals surface area contributed by atoms with E-state index in [0.29, 0.717) is 8.94 Å². The number of hydrogen-bond acceptors (Lipinski definition) is 4. The largest absolute Gasteiger partial charge is 0.265 e. The maximum absolute atomic E-state index is 12.0. The lowest BCUT2D eigenvalue weighted by Gasteiger charge is -2.06. The summed E-state index contributed by atoms with van der Waals surface area (Å²) in [5, 5.41) is 0. The summed E-state index contributed by atoms with van der Waals surface area (Å²) in [6.07, 6.45) is 0. The average Bonchev–Trinajstić information content (AvgIpc) is 2.58. The van der Waals surface area contributed by atoms with Gasteiger partial charge in [0.1, 0.15) is 19.7 Å². The number of rotatable bonds is 3. The second-order valence-electron chi connectivity index (χ2n) is 3.14. The fraction of sp³-hybridized carbons (Fsp3) is 0. The summed E-state index contributed by atoms with van der Waals surface area (Å²) >= 11 is 15.7. The van der Waals surface area contributed by atoms with E-state index in [-0.39, 0.29) is 15.0 Å². The summed E-state index contributed by atoms with van der Waals surface area (Å²) in [4.78, 5) is 3.92. The molecule has 9 heteroatoms. The minimum atomic E-state index is -3.78. The van der Waals surface area contributed by atoms with E-state index in [1.165, 1.54) is 12.1 Å². The predicted octanol–water partition coefficient (Wildman–Crippen LogP) is 4.01. The van der Waals surface area contributed by atoms with Crippen molar-refractivity contribution in [3.63, 3.8) is 0 Å². The molecule has 0 spiro atoms. The zero-order chi connectivity index (χ0) is 13.3. The molecule has 18 heavy (non-hydrogen) atoms. The van der Waals surface area contributed by atoms with E-state index in [2.05, 4.69) is 25.6 Å². The van der Waals surface area contributed by atoms with Gasteiger partial charge in [-0.3, -0.25) is 4.72 Å². The molecular weight excluding hydrogens is 383 g/mol. The molecule has 96 valence electrons. The molecule has 0 saturated heterocycles. The minimum Gasteiger partial charge on any atom is -0.263 e. The molecule has 2 heterocycles. The molecule has 2 aromatic heterocycles. The summed E-state index contributed by atoms with van der Waals surface area (Å²) in [5.41, 5.74) is 0. The lowest BCUT2D eigenvalue weighted by molar-refractivity contribution is 0.601. The van der Waals surface area contributed by atoms with E-state index in [0.717, 1.165) is 11.3 Å². The highest BCUT2D eigenvalue weighted by atomic mass is 79.9. The standard InChI is InChI=1S/C9H5BrCl2N2O2S2/c10-6-2-1-3-8(13-6)14-18(15,16)5-4-7(11)17-9(5)12/h1-4H,(H,13,14). The molecule has 0 amide bonds. The van der Waals surface area contributed by atoms with Crippen LogP contribution in [0.25, 0.3) is 0 Å². The van der Waals surface area contributed by atoms with Crippen LogP contribution in [0.4, 0.5) is 5.82 Å². The van der Waals surface area contributed by atoms with E-state index < -0.39 is 10.0 Å². The average molecular weight is 388 g/mol. The van der Waals surface area contributed by atoms with Crippen LogP contribution in [0.1, 0.15) is 0 Å². The summed E-state index contributed by atoms with van der Waals surface area (Å²) in [5.74, 6) is 0.197. The molecule has 0 saturated carbocycles. The molecule has 0 aliphatic carbocycles. The lowest BCUT2D eigenvalue weighted by atomic mass is 10.5. The van der Waals surface area contributed by atoms with Gasteiger partial charge >= 0.3 is 0 Å². The molecule has 2 rings (SSSR count). The third kappa shape index (κ3) is 3.16. The van der Waals surface area contributed by atoms with Crippen LogP contribution >= 0.6 is 50.5 Å². The first-order valence-electron chi connectivity index (χ1n) is 4.49. The van der Waals surface area contributed by atoms with Crippen LogP contribution in [0, 0.1) is 0 Å². The molecule has 0 aliphatic heterocycles. The van der Waals surface area contributed by atoms with Crippen LogP contribution in [0.3, 0.4) is 0 Å². The zero-order valence-corrected chi connectivity index (χ0v) is 13.3. The number of aromatic nitrogens is 1. The molecule has 1 N–H and O–H groups in total. The Morgan fingerprint density at radius 3 is 2.61 bits per heavy atom. The Balaban J connectivity index is 2.36. The third-order valence-electron chi connectivity index (χ3n) is 1.87. The van der Waals surface area contributed by atoms with Crippen LogP contribution in [-0.4, -0.2) is 13.4 Å². The van der Waals surface area contributed by atoms with Crippen LogP contribution in [0.5, 0.6) is 0 Å². The molecular formula is C9H5BrCl2N2O2S2. The van der Waals surface area contributed by atoms with Gasteiger partial charge in [0, 0.05) is 0 Å². The summed E-state index contributed by atoms with van der Waals surface area (Å²) < 4.78 is 27.4. The third-order valence-corrected chi connectivity index (χ3v) is 5.42. The van der Waals surface area contributed by atoms with E-state index in [4.69, 9.17) is 23.2 Å². The fourth-order valence-electron chi connectivity index (χ4n) is 1.17. The van der Waals surface area contributed by atoms with Crippen LogP contribution < -0.4 is 4.72 Å². The molecule has 0 fully saturated rings. The van der Waals surface area contributed by atoms with Crippen molar-refractivity contribution >= 4 is 66.3 Å². The smallest absolute Gasteiger partial charge is 0.263 e. The Labute approximate surface area is 126 Å². The monoisotopic (exact) mass is 386 g/mol. The van der Waals surface area contributed by atoms with Crippen molar-refractivity contribution in [1.29, 1.82) is 0 Å². The van der Waals surface area contributed by atoms with Crippen molar-refractivity contribution in [3.8, 4) is 0 Å². The van der Waals surface area contributed by atoms with E-state index in [1.54, 1.807) is 12.1 Å². The molecule has 0 bridgehead atoms. The molecule has 4 nitrogen and oxygen atoms in total. The number of hydrogen-bond donors (Lipinski definition) is 1. The maximum Gasteiger partial charge on any atom is 0.265 e. The van der Waals surface area contributed by atoms with Crippen LogP contribution in [-0.2, 0) is 10.0 Å². The fourth-order valence-corrected chi connectivity index (χ4v) is 4.66. The maximum atomic E-state index is 12.0. The molecule has 0 unspecified atom stereocenters. The van der Waals surface area contributed by atoms with Gasteiger partial charge in [-0.05, 0) is 34.1 Å². The van der Waals surface area contributed by atoms with Crippen molar-refractivity contribution in [2.24, 2.45) is 0 Å². The number of nitrogens with one attached hydrogen (secondary N) is 1. The van der Waals surface area contributed by atoms with Gasteiger partial charge in [0.05, 0.1) is 4.34 Å². The number of thiophene rings is 1. The normalized spacial score (nSPS) is 11.5. The Hall–Kier alpha value is -0.340. The van der Waals surface area contributed by atoms with E-state index in [9.17, 15) is 8.42 Å². The summed E-state index contributed by atoms with van der Waals surface area (Å²) in [6.45, 7) is 0. The first-order valence-corrected chi connectivity index (χ1v) is 8.33. The Morgan fingerprint density at radius 1 is 1.33 bits per heavy atom. The highest BCUT2D eigenvalue weighted by Gasteiger charge is 2.21. The van der Waals surface area contributed by atoms with Crippen molar-refractivity contribution in [3.05, 3.63) is 37.5 Å². The number of halogens is 3. The molecule has 2 aromatic rings. The van der Waals surface area contributed by atoms with Gasteiger partial charge < -0.3 is 0 Å². The van der Waals surface area contributed by atoms with Crippen molar-refractivity contribution in [1.82, 2.24) is 4.98 Å². The number of sulfonamides is 1. The van der Waals surface area contributed by atoms with Crippen molar-refractivity contribution < 1.29 is 8.42 Å². The first-order chi connectivity index (χ1) is 8.38. The minimum absolute atomic E-state index is 0.0547. The summed E-state index contributed by atoms with van der Waals surface area (Å²) in [6, 6.07) is 6.18.